The first-order valence-electron chi connectivity index (χ1n) is 18.5. The number of unbranched alkanes of at least 4 members (excludes halogenated alkanes) is 1. The van der Waals surface area contributed by atoms with Gasteiger partial charge in [0, 0.05) is 30.3 Å². The molecule has 3 aliphatic rings. The molecule has 8 nitrogen and oxygen atoms in total. The van der Waals surface area contributed by atoms with E-state index in [4.69, 9.17) is 21.1 Å². The predicted octanol–water partition coefficient (Wildman–Crippen LogP) is 8.01. The van der Waals surface area contributed by atoms with Gasteiger partial charge in [-0.15, -0.1) is 6.58 Å². The average molecular weight is 727 g/mol. The van der Waals surface area contributed by atoms with Crippen LogP contribution in [0.25, 0.3) is 0 Å². The number of aryl methyl sites for hydroxylation is 1. The highest BCUT2D eigenvalue weighted by molar-refractivity contribution is 7.90. The number of rotatable bonds is 14. The van der Waals surface area contributed by atoms with Crippen molar-refractivity contribution in [3.05, 3.63) is 82.9 Å². The Kier molecular flexibility index (Phi) is 13.9. The molecule has 2 heterocycles. The van der Waals surface area contributed by atoms with Crippen molar-refractivity contribution in [2.45, 2.75) is 109 Å². The molecule has 0 spiro atoms. The Bertz CT molecular complexity index is 1590. The van der Waals surface area contributed by atoms with Gasteiger partial charge in [-0.3, -0.25) is 4.79 Å². The van der Waals surface area contributed by atoms with Crippen LogP contribution in [0, 0.1) is 17.8 Å². The molecule has 0 unspecified atom stereocenters. The minimum absolute atomic E-state index is 0.143. The maximum Gasteiger partial charge on any atom is 0.264 e. The zero-order valence-corrected chi connectivity index (χ0v) is 31.3. The summed E-state index contributed by atoms with van der Waals surface area (Å²) in [5.41, 5.74) is 3.24. The summed E-state index contributed by atoms with van der Waals surface area (Å²) >= 11 is 6.36. The predicted molar refractivity (Wildman–Crippen MR) is 201 cm³/mol. The SMILES string of the molecule is C=CC[C@H](C)[C@@H](C[C@@H]1CCCO1)S(=O)(=O)NC(=O)c1ccc2c(c1)N(C[C@@H]1CC[C@H]1[C@@H](O)/C=C/CCC)CCCCc1cc(Cl)ccc1CO2. The molecular formula is C40H55ClN2O6S. The van der Waals surface area contributed by atoms with Crippen LogP contribution in [-0.4, -0.2) is 56.6 Å². The number of fused-ring (bicyclic) bond motifs is 2. The van der Waals surface area contributed by atoms with Crippen LogP contribution >= 0.6 is 11.6 Å². The van der Waals surface area contributed by atoms with Gasteiger partial charge in [0.15, 0.2) is 0 Å². The zero-order chi connectivity index (χ0) is 35.7. The summed E-state index contributed by atoms with van der Waals surface area (Å²) in [4.78, 5) is 16.1. The third kappa shape index (κ3) is 9.93. The highest BCUT2D eigenvalue weighted by Gasteiger charge is 2.38. The smallest absolute Gasteiger partial charge is 0.264 e. The summed E-state index contributed by atoms with van der Waals surface area (Å²) < 4.78 is 42.3. The number of nitrogens with zero attached hydrogens (tertiary/aromatic N) is 1. The Hall–Kier alpha value is -2.85. The molecule has 1 aliphatic carbocycles. The zero-order valence-electron chi connectivity index (χ0n) is 29.7. The number of benzene rings is 2. The fourth-order valence-electron chi connectivity index (χ4n) is 7.61. The van der Waals surface area contributed by atoms with Crippen molar-refractivity contribution in [3.8, 4) is 5.75 Å². The number of halogens is 1. The highest BCUT2D eigenvalue weighted by atomic mass is 35.5. The largest absolute Gasteiger partial charge is 0.487 e. The van der Waals surface area contributed by atoms with Crippen molar-refractivity contribution in [3.63, 3.8) is 0 Å². The molecule has 2 aliphatic heterocycles. The molecule has 2 aromatic carbocycles. The lowest BCUT2D eigenvalue weighted by molar-refractivity contribution is 0.0461. The second kappa shape index (κ2) is 18.1. The molecule has 274 valence electrons. The van der Waals surface area contributed by atoms with Gasteiger partial charge in [0.25, 0.3) is 5.91 Å². The van der Waals surface area contributed by atoms with Crippen LogP contribution in [0.3, 0.4) is 0 Å². The number of anilines is 1. The Morgan fingerprint density at radius 3 is 2.70 bits per heavy atom. The summed E-state index contributed by atoms with van der Waals surface area (Å²) in [6.07, 6.45) is 14.3. The highest BCUT2D eigenvalue weighted by Crippen LogP contribution is 2.41. The first kappa shape index (κ1) is 38.4. The summed E-state index contributed by atoms with van der Waals surface area (Å²) in [5.74, 6) is 0.157. The van der Waals surface area contributed by atoms with Gasteiger partial charge < -0.3 is 19.5 Å². The van der Waals surface area contributed by atoms with E-state index in [1.807, 2.05) is 31.2 Å². The van der Waals surface area contributed by atoms with Gasteiger partial charge >= 0.3 is 0 Å². The van der Waals surface area contributed by atoms with Crippen LogP contribution in [0.1, 0.15) is 99.5 Å². The minimum Gasteiger partial charge on any atom is -0.487 e. The van der Waals surface area contributed by atoms with Crippen molar-refractivity contribution in [1.82, 2.24) is 4.72 Å². The number of aliphatic hydroxyl groups excluding tert-OH is 1. The molecule has 2 aromatic rings. The average Bonchev–Trinajstić information content (AvgIpc) is 3.58. The van der Waals surface area contributed by atoms with Crippen molar-refractivity contribution in [2.75, 3.05) is 24.6 Å². The Labute approximate surface area is 304 Å². The number of hydrogen-bond donors (Lipinski definition) is 2. The molecule has 10 heteroatoms. The van der Waals surface area contributed by atoms with E-state index in [2.05, 4.69) is 29.2 Å². The topological polar surface area (TPSA) is 105 Å². The van der Waals surface area contributed by atoms with Crippen molar-refractivity contribution >= 4 is 33.2 Å². The van der Waals surface area contributed by atoms with Gasteiger partial charge in [-0.2, -0.15) is 0 Å². The van der Waals surface area contributed by atoms with E-state index in [1.165, 1.54) is 0 Å². The first-order valence-corrected chi connectivity index (χ1v) is 20.4. The number of sulfonamides is 1. The van der Waals surface area contributed by atoms with Gasteiger partial charge in [0.05, 0.1) is 23.1 Å². The van der Waals surface area contributed by atoms with E-state index >= 15 is 0 Å². The van der Waals surface area contributed by atoms with Crippen LogP contribution < -0.4 is 14.4 Å². The molecule has 50 heavy (non-hydrogen) atoms. The maximum absolute atomic E-state index is 13.8. The molecule has 2 fully saturated rings. The number of aliphatic hydroxyl groups is 1. The molecule has 1 amide bonds. The summed E-state index contributed by atoms with van der Waals surface area (Å²) in [6.45, 7) is 10.2. The van der Waals surface area contributed by atoms with Gasteiger partial charge in [0.1, 0.15) is 12.4 Å². The number of amides is 1. The molecule has 0 aromatic heterocycles. The molecule has 0 radical (unpaired) electrons. The second-order valence-corrected chi connectivity index (χ2v) is 16.7. The first-order chi connectivity index (χ1) is 24.1. The second-order valence-electron chi connectivity index (χ2n) is 14.4. The van der Waals surface area contributed by atoms with E-state index in [1.54, 1.807) is 24.3 Å². The maximum atomic E-state index is 13.8. The number of carbonyl (C=O) groups excluding carboxylic acids is 1. The molecule has 2 N–H and O–H groups in total. The molecule has 6 atom stereocenters. The molecular weight excluding hydrogens is 672 g/mol. The Morgan fingerprint density at radius 1 is 1.14 bits per heavy atom. The standard InChI is InChI=1S/C40H55ClN2O6S/c1-4-6-7-14-37(44)35-19-16-31(35)26-43-21-9-8-12-29-23-33(41)18-15-32(29)27-49-38-20-17-30(24-36(38)43)40(45)42-50(46,47)39(28(3)11-5-2)25-34-13-10-22-48-34/h5,7,14-15,17-18,20,23-24,28,31,34-35,37,39,44H,2,4,6,8-13,16,19,21-22,25-27H2,1,3H3,(H,42,45)/b14-7+/t28-,31-,34-,35+,37-,39+/m0/s1. The van der Waals surface area contributed by atoms with Crippen LogP contribution in [-0.2, 0) is 27.8 Å². The van der Waals surface area contributed by atoms with E-state index in [9.17, 15) is 18.3 Å². The van der Waals surface area contributed by atoms with Gasteiger partial charge in [-0.05, 0) is 123 Å². The van der Waals surface area contributed by atoms with Crippen LogP contribution in [0.2, 0.25) is 5.02 Å². The number of hydrogen-bond acceptors (Lipinski definition) is 7. The lowest BCUT2D eigenvalue weighted by Crippen LogP contribution is -2.43. The van der Waals surface area contributed by atoms with Gasteiger partial charge in [-0.1, -0.05) is 56.2 Å². The monoisotopic (exact) mass is 726 g/mol. The van der Waals surface area contributed by atoms with E-state index < -0.39 is 27.3 Å². The van der Waals surface area contributed by atoms with E-state index in [-0.39, 0.29) is 29.4 Å². The molecule has 0 bridgehead atoms. The molecule has 1 saturated carbocycles. The number of ether oxygens (including phenoxy) is 2. The van der Waals surface area contributed by atoms with Gasteiger partial charge in [-0.25, -0.2) is 13.1 Å². The van der Waals surface area contributed by atoms with Crippen molar-refractivity contribution < 1.29 is 27.8 Å². The summed E-state index contributed by atoms with van der Waals surface area (Å²) in [7, 11) is -4.04. The normalized spacial score (nSPS) is 23.0. The number of carbonyl (C=O) groups is 1. The Balaban J connectivity index is 1.42. The molecule has 1 saturated heterocycles. The fourth-order valence-corrected chi connectivity index (χ4v) is 9.52. The van der Waals surface area contributed by atoms with E-state index in [0.29, 0.717) is 43.4 Å². The Morgan fingerprint density at radius 2 is 1.98 bits per heavy atom. The van der Waals surface area contributed by atoms with Crippen molar-refractivity contribution in [2.24, 2.45) is 17.8 Å². The third-order valence-electron chi connectivity index (χ3n) is 10.7. The number of allylic oxidation sites excluding steroid dienone is 2. The summed E-state index contributed by atoms with van der Waals surface area (Å²) in [5, 5.41) is 10.9. The number of nitrogens with one attached hydrogen (secondary N) is 1. The lowest BCUT2D eigenvalue weighted by Gasteiger charge is -2.42. The minimum atomic E-state index is -4.04. The quantitative estimate of drug-likeness (QED) is 0.190. The van der Waals surface area contributed by atoms with Crippen molar-refractivity contribution in [1.29, 1.82) is 0 Å². The van der Waals surface area contributed by atoms with Crippen LogP contribution in [0.15, 0.2) is 61.2 Å². The third-order valence-corrected chi connectivity index (χ3v) is 12.9. The van der Waals surface area contributed by atoms with Crippen LogP contribution in [0.5, 0.6) is 5.75 Å². The summed E-state index contributed by atoms with van der Waals surface area (Å²) in [6, 6.07) is 11.1. The molecule has 5 rings (SSSR count). The van der Waals surface area contributed by atoms with Gasteiger partial charge in [0.2, 0.25) is 10.0 Å². The lowest BCUT2D eigenvalue weighted by atomic mass is 9.70. The fraction of sp³-hybridized carbons (Fsp3) is 0.575. The van der Waals surface area contributed by atoms with Crippen LogP contribution in [0.4, 0.5) is 5.69 Å². The van der Waals surface area contributed by atoms with E-state index in [0.717, 1.165) is 81.1 Å².